The molecule has 2 N–H and O–H groups in total. The van der Waals surface area contributed by atoms with Gasteiger partial charge in [-0.3, -0.25) is 9.89 Å². The normalized spacial score (nSPS) is 24.5. The molecule has 4 fully saturated rings. The smallest absolute Gasteiger partial charge is 0.417 e. The summed E-state index contributed by atoms with van der Waals surface area (Å²) >= 11 is 3.74. The first kappa shape index (κ1) is 35.9. The molecule has 2 radical (unpaired) electrons. The molecule has 51 heavy (non-hydrogen) atoms. The van der Waals surface area contributed by atoms with Crippen molar-refractivity contribution in [2.24, 2.45) is 5.41 Å². The number of carbonyl (C=O) groups is 1. The lowest BCUT2D eigenvalue weighted by molar-refractivity contribution is -0.137. The van der Waals surface area contributed by atoms with Crippen molar-refractivity contribution >= 4 is 55.0 Å². The Bertz CT molecular complexity index is 2040. The van der Waals surface area contributed by atoms with Crippen LogP contribution in [0.2, 0.25) is 5.04 Å². The fraction of sp³-hybridized carbons (Fsp3) is 0.515. The molecule has 18 heteroatoms. The third-order valence-corrected chi connectivity index (χ3v) is 12.0. The van der Waals surface area contributed by atoms with E-state index in [-0.39, 0.29) is 58.3 Å². The number of ether oxygens (including phenoxy) is 1. The number of anilines is 1. The highest BCUT2D eigenvalue weighted by Gasteiger charge is 2.71. The first-order chi connectivity index (χ1) is 23.9. The van der Waals surface area contributed by atoms with Crippen LogP contribution in [0, 0.1) is 24.0 Å². The molecule has 4 aromatic rings. The monoisotopic (exact) mass is 753 g/mol. The maximum Gasteiger partial charge on any atom is 0.417 e. The SMILES string of the molecule is Cc1cc2[nH]ncc2c(-c2c(F)cc3c(N4CC5CC[C@@](C)(C4)[Si]N5)nc(OC[C@]4(CN(C)CCC(=O)S)CC4(F)F)nc3c2F)c1C(F)(F)F. The molecule has 5 heterocycles. The first-order valence-corrected chi connectivity index (χ1v) is 17.8. The average Bonchev–Trinajstić information content (AvgIpc) is 3.41. The zero-order valence-electron chi connectivity index (χ0n) is 27.8. The molecule has 2 bridgehead atoms. The highest BCUT2D eigenvalue weighted by atomic mass is 32.1. The summed E-state index contributed by atoms with van der Waals surface area (Å²) in [6.07, 6.45) is -2.66. The van der Waals surface area contributed by atoms with Crippen molar-refractivity contribution in [1.29, 1.82) is 0 Å². The van der Waals surface area contributed by atoms with Gasteiger partial charge < -0.3 is 19.5 Å². The van der Waals surface area contributed by atoms with E-state index in [1.165, 1.54) is 13.0 Å². The summed E-state index contributed by atoms with van der Waals surface area (Å²) in [7, 11) is 1.99. The van der Waals surface area contributed by atoms with Gasteiger partial charge in [0.25, 0.3) is 5.92 Å². The van der Waals surface area contributed by atoms with Crippen LogP contribution in [0.25, 0.3) is 32.9 Å². The van der Waals surface area contributed by atoms with Crippen LogP contribution >= 0.6 is 12.6 Å². The number of hydrogen-bond acceptors (Lipinski definition) is 8. The van der Waals surface area contributed by atoms with Gasteiger partial charge in [0.1, 0.15) is 33.4 Å². The number of rotatable bonds is 10. The predicted octanol–water partition coefficient (Wildman–Crippen LogP) is 6.33. The van der Waals surface area contributed by atoms with Gasteiger partial charge in [0, 0.05) is 61.4 Å². The van der Waals surface area contributed by atoms with Crippen LogP contribution in [-0.4, -0.2) is 91.7 Å². The number of thiol groups is 1. The summed E-state index contributed by atoms with van der Waals surface area (Å²) in [5.74, 6) is -5.68. The molecule has 0 spiro atoms. The summed E-state index contributed by atoms with van der Waals surface area (Å²) in [4.78, 5) is 27.0. The van der Waals surface area contributed by atoms with Crippen LogP contribution in [0.15, 0.2) is 18.3 Å². The zero-order chi connectivity index (χ0) is 36.7. The Morgan fingerprint density at radius 1 is 1.20 bits per heavy atom. The van der Waals surface area contributed by atoms with Crippen molar-refractivity contribution in [1.82, 2.24) is 30.0 Å². The number of aromatic nitrogens is 4. The fourth-order valence-electron chi connectivity index (χ4n) is 7.46. The average molecular weight is 754 g/mol. The molecule has 0 amide bonds. The quantitative estimate of drug-likeness (QED) is 0.0983. The number of nitrogens with zero attached hydrogens (tertiary/aromatic N) is 5. The van der Waals surface area contributed by atoms with E-state index >= 15 is 8.78 Å². The molecule has 2 aromatic heterocycles. The predicted molar refractivity (Wildman–Crippen MR) is 180 cm³/mol. The van der Waals surface area contributed by atoms with Gasteiger partial charge in [-0.15, -0.1) is 12.6 Å². The van der Waals surface area contributed by atoms with E-state index in [9.17, 15) is 26.7 Å². The first-order valence-electron chi connectivity index (χ1n) is 16.3. The number of aromatic amines is 1. The maximum absolute atomic E-state index is 17.0. The second-order valence-electron chi connectivity index (χ2n) is 14.3. The lowest BCUT2D eigenvalue weighted by atomic mass is 9.91. The molecule has 272 valence electrons. The largest absolute Gasteiger partial charge is 0.463 e. The van der Waals surface area contributed by atoms with E-state index in [0.29, 0.717) is 22.8 Å². The fourth-order valence-corrected chi connectivity index (χ4v) is 8.89. The third kappa shape index (κ3) is 6.56. The Balaban J connectivity index is 1.37. The number of benzene rings is 2. The summed E-state index contributed by atoms with van der Waals surface area (Å²) in [6, 6.07) is 1.69. The molecule has 3 saturated heterocycles. The molecule has 4 aliphatic rings. The molecule has 2 aromatic carbocycles. The van der Waals surface area contributed by atoms with E-state index in [2.05, 4.69) is 44.7 Å². The minimum absolute atomic E-state index is 0.0337. The lowest BCUT2D eigenvalue weighted by Gasteiger charge is -2.33. The van der Waals surface area contributed by atoms with Gasteiger partial charge in [-0.25, -0.2) is 17.6 Å². The zero-order valence-corrected chi connectivity index (χ0v) is 29.7. The van der Waals surface area contributed by atoms with Gasteiger partial charge in [-0.1, -0.05) is 6.92 Å². The van der Waals surface area contributed by atoms with Gasteiger partial charge in [0.05, 0.1) is 28.3 Å². The minimum Gasteiger partial charge on any atom is -0.463 e. The number of carbonyl (C=O) groups excluding carboxylic acids is 1. The molecular weight excluding hydrogens is 720 g/mol. The second-order valence-corrected chi connectivity index (χ2v) is 16.6. The number of halogens is 7. The Hall–Kier alpha value is -3.48. The van der Waals surface area contributed by atoms with Crippen LogP contribution in [0.3, 0.4) is 0 Å². The molecule has 8 rings (SSSR count). The van der Waals surface area contributed by atoms with Gasteiger partial charge in [-0.2, -0.15) is 28.2 Å². The number of alkyl halides is 5. The van der Waals surface area contributed by atoms with Crippen molar-refractivity contribution < 1.29 is 40.3 Å². The summed E-state index contributed by atoms with van der Waals surface area (Å²) in [5, 5.41) is 5.55. The van der Waals surface area contributed by atoms with E-state index in [0.717, 1.165) is 25.1 Å². The van der Waals surface area contributed by atoms with Crippen molar-refractivity contribution in [3.63, 3.8) is 0 Å². The molecule has 1 aliphatic carbocycles. The van der Waals surface area contributed by atoms with E-state index in [4.69, 9.17) is 4.74 Å². The highest BCUT2D eigenvalue weighted by Crippen LogP contribution is 2.61. The van der Waals surface area contributed by atoms with Gasteiger partial charge in [0.15, 0.2) is 10.9 Å². The minimum atomic E-state index is -4.99. The number of aryl methyl sites for hydroxylation is 1. The Morgan fingerprint density at radius 2 is 1.94 bits per heavy atom. The molecule has 1 unspecified atom stereocenters. The van der Waals surface area contributed by atoms with Crippen LogP contribution in [0.1, 0.15) is 43.7 Å². The summed E-state index contributed by atoms with van der Waals surface area (Å²) < 4.78 is 113. The topological polar surface area (TPSA) is 99.3 Å². The lowest BCUT2D eigenvalue weighted by Crippen LogP contribution is -2.43. The third-order valence-electron chi connectivity index (χ3n) is 10.2. The molecule has 1 saturated carbocycles. The maximum atomic E-state index is 17.0. The van der Waals surface area contributed by atoms with E-state index in [1.54, 1.807) is 11.9 Å². The van der Waals surface area contributed by atoms with Crippen molar-refractivity contribution in [2.45, 2.75) is 62.7 Å². The number of hydrogen-bond donors (Lipinski definition) is 3. The van der Waals surface area contributed by atoms with Gasteiger partial charge in [-0.05, 0) is 49.5 Å². The molecule has 3 aliphatic heterocycles. The van der Waals surface area contributed by atoms with Crippen LogP contribution in [0.4, 0.5) is 36.6 Å². The van der Waals surface area contributed by atoms with Crippen molar-refractivity contribution in [3.05, 3.63) is 41.1 Å². The molecule has 3 atom stereocenters. The Labute approximate surface area is 296 Å². The van der Waals surface area contributed by atoms with E-state index < -0.39 is 75.5 Å². The van der Waals surface area contributed by atoms with Crippen molar-refractivity contribution in [2.75, 3.05) is 44.7 Å². The van der Waals surface area contributed by atoms with E-state index in [1.807, 2.05) is 4.90 Å². The standard InChI is InChI=1S/C33H34F7N7O2SSi/c1-16-8-21-19(10-41-44-21)23(25(16)33(38,39)40)24-20(34)9-18-27(26(24)35)42-29(43-28(18)47-11-17-4-6-30(2,13-47)51-45-17)49-15-31(12-32(31,36)37)14-46(3)7-5-22(48)50/h8-10,17,45H,4-7,11-15H2,1-3H3,(H,41,44)(H,48,50)/t17?,30-,31+/m0/s1. The number of H-pyrrole nitrogens is 1. The van der Waals surface area contributed by atoms with Crippen LogP contribution < -0.4 is 14.6 Å². The van der Waals surface area contributed by atoms with Crippen LogP contribution in [0.5, 0.6) is 6.01 Å². The van der Waals surface area contributed by atoms with Crippen LogP contribution in [-0.2, 0) is 11.0 Å². The summed E-state index contributed by atoms with van der Waals surface area (Å²) in [6.45, 7) is 3.58. The Morgan fingerprint density at radius 3 is 2.59 bits per heavy atom. The highest BCUT2D eigenvalue weighted by molar-refractivity contribution is 7.96. The molecular formula is C33H34F7N7O2SSi. The van der Waals surface area contributed by atoms with Crippen molar-refractivity contribution in [3.8, 4) is 17.1 Å². The Kier molecular flexibility index (Phi) is 8.86. The number of fused-ring (bicyclic) bond motifs is 6. The molecule has 9 nitrogen and oxygen atoms in total. The summed E-state index contributed by atoms with van der Waals surface area (Å²) in [5.41, 5.74) is -5.25. The second kappa shape index (κ2) is 12.6. The van der Waals surface area contributed by atoms with Gasteiger partial charge >= 0.3 is 12.2 Å². The number of nitrogens with one attached hydrogen (secondary N) is 2. The van der Waals surface area contributed by atoms with Gasteiger partial charge in [0.2, 0.25) is 0 Å².